The van der Waals surface area contributed by atoms with Gasteiger partial charge >= 0.3 is 0 Å². The molecule has 1 aromatic carbocycles. The molecule has 20 heavy (non-hydrogen) atoms. The van der Waals surface area contributed by atoms with Crippen LogP contribution in [0.1, 0.15) is 5.56 Å². The lowest BCUT2D eigenvalue weighted by Crippen LogP contribution is -2.09. The van der Waals surface area contributed by atoms with Crippen LogP contribution in [0.3, 0.4) is 0 Å². The number of hydrogen-bond donors (Lipinski definition) is 2. The lowest BCUT2D eigenvalue weighted by atomic mass is 10.1. The molecule has 2 aromatic rings. The van der Waals surface area contributed by atoms with Crippen LogP contribution in [-0.4, -0.2) is 23.6 Å². The van der Waals surface area contributed by atoms with Gasteiger partial charge in [0.05, 0.1) is 7.11 Å². The summed E-state index contributed by atoms with van der Waals surface area (Å²) in [6.45, 7) is 0.447. The number of halogens is 2. The van der Waals surface area contributed by atoms with E-state index in [-0.39, 0.29) is 5.95 Å². The van der Waals surface area contributed by atoms with Crippen LogP contribution in [0.4, 0.5) is 20.5 Å². The van der Waals surface area contributed by atoms with Crippen molar-refractivity contribution in [1.82, 2.24) is 9.97 Å². The highest BCUT2D eigenvalue weighted by Gasteiger charge is 2.03. The van der Waals surface area contributed by atoms with E-state index in [0.29, 0.717) is 30.2 Å². The van der Waals surface area contributed by atoms with Crippen LogP contribution < -0.4 is 15.8 Å². The summed E-state index contributed by atoms with van der Waals surface area (Å²) in [6, 6.07) is 5.01. The highest BCUT2D eigenvalue weighted by molar-refractivity contribution is 5.42. The van der Waals surface area contributed by atoms with Crippen LogP contribution in [0, 0.1) is 11.6 Å². The Morgan fingerprint density at radius 1 is 1.15 bits per heavy atom. The number of aromatic nitrogens is 2. The van der Waals surface area contributed by atoms with Crippen molar-refractivity contribution in [3.8, 4) is 5.88 Å². The molecule has 0 amide bonds. The maximum atomic E-state index is 13.0. The first-order valence-corrected chi connectivity index (χ1v) is 5.94. The van der Waals surface area contributed by atoms with E-state index in [2.05, 4.69) is 15.3 Å². The average molecular weight is 280 g/mol. The molecule has 0 unspecified atom stereocenters. The molecule has 0 aliphatic rings. The summed E-state index contributed by atoms with van der Waals surface area (Å²) in [5.41, 5.74) is 6.08. The Balaban J connectivity index is 1.97. The highest BCUT2D eigenvalue weighted by Crippen LogP contribution is 2.14. The van der Waals surface area contributed by atoms with Gasteiger partial charge in [0, 0.05) is 18.7 Å². The monoisotopic (exact) mass is 280 g/mol. The first kappa shape index (κ1) is 14.0. The van der Waals surface area contributed by atoms with Crippen LogP contribution in [-0.2, 0) is 6.42 Å². The van der Waals surface area contributed by atoms with E-state index in [1.807, 2.05) is 0 Å². The number of benzene rings is 1. The molecule has 106 valence electrons. The third-order valence-electron chi connectivity index (χ3n) is 2.57. The molecule has 1 aromatic heterocycles. The lowest BCUT2D eigenvalue weighted by Gasteiger charge is -2.08. The summed E-state index contributed by atoms with van der Waals surface area (Å²) in [7, 11) is 1.47. The van der Waals surface area contributed by atoms with E-state index >= 15 is 0 Å². The third-order valence-corrected chi connectivity index (χ3v) is 2.57. The van der Waals surface area contributed by atoms with Crippen LogP contribution in [0.25, 0.3) is 0 Å². The van der Waals surface area contributed by atoms with Gasteiger partial charge in [-0.25, -0.2) is 8.78 Å². The number of nitrogens with one attached hydrogen (secondary N) is 1. The molecular formula is C13H14F2N4O. The maximum Gasteiger partial charge on any atom is 0.225 e. The average Bonchev–Trinajstić information content (AvgIpc) is 2.37. The second-order valence-corrected chi connectivity index (χ2v) is 4.11. The minimum absolute atomic E-state index is 0.0867. The highest BCUT2D eigenvalue weighted by atomic mass is 19.1. The van der Waals surface area contributed by atoms with Crippen LogP contribution >= 0.6 is 0 Å². The molecule has 1 heterocycles. The van der Waals surface area contributed by atoms with E-state index < -0.39 is 11.6 Å². The van der Waals surface area contributed by atoms with Crippen molar-refractivity contribution < 1.29 is 13.5 Å². The maximum absolute atomic E-state index is 13.0. The molecule has 2 rings (SSSR count). The van der Waals surface area contributed by atoms with Crippen molar-refractivity contribution in [3.05, 3.63) is 41.5 Å². The zero-order chi connectivity index (χ0) is 14.5. The second kappa shape index (κ2) is 6.14. The normalized spacial score (nSPS) is 10.3. The number of anilines is 2. The number of ether oxygens (including phenoxy) is 1. The zero-order valence-electron chi connectivity index (χ0n) is 10.9. The smallest absolute Gasteiger partial charge is 0.225 e. The molecule has 0 radical (unpaired) electrons. The molecule has 0 aliphatic heterocycles. The number of hydrogen-bond acceptors (Lipinski definition) is 5. The molecule has 0 saturated carbocycles. The quantitative estimate of drug-likeness (QED) is 0.876. The van der Waals surface area contributed by atoms with E-state index in [4.69, 9.17) is 10.5 Å². The van der Waals surface area contributed by atoms with Gasteiger partial charge in [-0.3, -0.25) is 0 Å². The van der Waals surface area contributed by atoms with Crippen molar-refractivity contribution in [2.24, 2.45) is 0 Å². The third kappa shape index (κ3) is 3.78. The number of nitrogen functional groups attached to an aromatic ring is 1. The summed E-state index contributed by atoms with van der Waals surface area (Å²) in [6.07, 6.45) is 0.445. The van der Waals surface area contributed by atoms with E-state index in [1.54, 1.807) is 6.07 Å². The Bertz CT molecular complexity index is 587. The first-order chi connectivity index (χ1) is 9.56. The number of methoxy groups -OCH3 is 1. The Morgan fingerprint density at radius 2 is 1.85 bits per heavy atom. The predicted octanol–water partition coefficient (Wildman–Crippen LogP) is 2.00. The van der Waals surface area contributed by atoms with Crippen molar-refractivity contribution in [1.29, 1.82) is 0 Å². The fraction of sp³-hybridized carbons (Fsp3) is 0.231. The topological polar surface area (TPSA) is 73.1 Å². The van der Waals surface area contributed by atoms with Gasteiger partial charge in [0.25, 0.3) is 0 Å². The summed E-state index contributed by atoms with van der Waals surface area (Å²) < 4.78 is 31.0. The molecule has 7 heteroatoms. The fourth-order valence-corrected chi connectivity index (χ4v) is 1.73. The Labute approximate surface area is 114 Å². The van der Waals surface area contributed by atoms with E-state index in [1.165, 1.54) is 19.2 Å². The standard InChI is InChI=1S/C13H14F2N4O/c1-20-12-7-11(18-13(16)19-12)17-3-2-8-4-9(14)6-10(15)5-8/h4-7H,2-3H2,1H3,(H3,16,17,18,19). The molecule has 0 bridgehead atoms. The molecule has 0 atom stereocenters. The van der Waals surface area contributed by atoms with Gasteiger partial charge in [-0.2, -0.15) is 9.97 Å². The van der Waals surface area contributed by atoms with E-state index in [9.17, 15) is 8.78 Å². The zero-order valence-corrected chi connectivity index (χ0v) is 10.9. The minimum atomic E-state index is -0.590. The number of rotatable bonds is 5. The van der Waals surface area contributed by atoms with Gasteiger partial charge in [0.1, 0.15) is 17.5 Å². The summed E-state index contributed by atoms with van der Waals surface area (Å²) in [4.78, 5) is 7.82. The van der Waals surface area contributed by atoms with Crippen molar-refractivity contribution >= 4 is 11.8 Å². The SMILES string of the molecule is COc1cc(NCCc2cc(F)cc(F)c2)nc(N)n1. The Morgan fingerprint density at radius 3 is 2.50 bits per heavy atom. The van der Waals surface area contributed by atoms with Gasteiger partial charge < -0.3 is 15.8 Å². The lowest BCUT2D eigenvalue weighted by molar-refractivity contribution is 0.398. The first-order valence-electron chi connectivity index (χ1n) is 5.94. The summed E-state index contributed by atoms with van der Waals surface area (Å²) >= 11 is 0. The van der Waals surface area contributed by atoms with E-state index in [0.717, 1.165) is 6.07 Å². The number of nitrogens with zero attached hydrogens (tertiary/aromatic N) is 2. The van der Waals surface area contributed by atoms with Crippen molar-refractivity contribution in [2.45, 2.75) is 6.42 Å². The fourth-order valence-electron chi connectivity index (χ4n) is 1.73. The Kier molecular flexibility index (Phi) is 4.29. The molecule has 5 nitrogen and oxygen atoms in total. The summed E-state index contributed by atoms with van der Waals surface area (Å²) in [5.74, 6) is -0.257. The molecular weight excluding hydrogens is 266 g/mol. The predicted molar refractivity (Wildman–Crippen MR) is 71.5 cm³/mol. The Hall–Kier alpha value is -2.44. The van der Waals surface area contributed by atoms with Crippen molar-refractivity contribution in [3.63, 3.8) is 0 Å². The summed E-state index contributed by atoms with van der Waals surface area (Å²) in [5, 5.41) is 2.99. The number of nitrogens with two attached hydrogens (primary N) is 1. The van der Waals surface area contributed by atoms with Crippen LogP contribution in [0.5, 0.6) is 5.88 Å². The van der Waals surface area contributed by atoms with Gasteiger partial charge in [-0.15, -0.1) is 0 Å². The van der Waals surface area contributed by atoms with Gasteiger partial charge in [0.15, 0.2) is 0 Å². The molecule has 0 aliphatic carbocycles. The molecule has 0 fully saturated rings. The second-order valence-electron chi connectivity index (χ2n) is 4.11. The van der Waals surface area contributed by atoms with Crippen LogP contribution in [0.15, 0.2) is 24.3 Å². The minimum Gasteiger partial charge on any atom is -0.481 e. The molecule has 0 saturated heterocycles. The largest absolute Gasteiger partial charge is 0.481 e. The molecule has 0 spiro atoms. The van der Waals surface area contributed by atoms with Gasteiger partial charge in [-0.1, -0.05) is 0 Å². The molecule has 3 N–H and O–H groups in total. The van der Waals surface area contributed by atoms with Crippen LogP contribution in [0.2, 0.25) is 0 Å². The van der Waals surface area contributed by atoms with Gasteiger partial charge in [-0.05, 0) is 24.1 Å². The van der Waals surface area contributed by atoms with Gasteiger partial charge in [0.2, 0.25) is 11.8 Å². The van der Waals surface area contributed by atoms with Crippen molar-refractivity contribution in [2.75, 3.05) is 24.7 Å².